The van der Waals surface area contributed by atoms with Gasteiger partial charge in [0.1, 0.15) is 5.82 Å². The fourth-order valence-corrected chi connectivity index (χ4v) is 2.95. The van der Waals surface area contributed by atoms with Crippen LogP contribution in [0.3, 0.4) is 0 Å². The maximum Gasteiger partial charge on any atom is 0.251 e. The van der Waals surface area contributed by atoms with Crippen molar-refractivity contribution in [3.63, 3.8) is 0 Å². The molecule has 126 valence electrons. The summed E-state index contributed by atoms with van der Waals surface area (Å²) in [6, 6.07) is 13.6. The molecule has 0 spiro atoms. The van der Waals surface area contributed by atoms with Gasteiger partial charge in [-0.2, -0.15) is 0 Å². The van der Waals surface area contributed by atoms with Crippen LogP contribution < -0.4 is 10.2 Å². The molecular formula is C19H21FN2O2. The third-order valence-electron chi connectivity index (χ3n) is 4.30. The Morgan fingerprint density at radius 3 is 2.54 bits per heavy atom. The Balaban J connectivity index is 1.61. The van der Waals surface area contributed by atoms with Crippen LogP contribution in [0.4, 0.5) is 10.1 Å². The number of halogens is 1. The number of anilines is 1. The summed E-state index contributed by atoms with van der Waals surface area (Å²) in [5, 5.41) is 12.7. The zero-order valence-electron chi connectivity index (χ0n) is 13.4. The van der Waals surface area contributed by atoms with Crippen LogP contribution in [0, 0.1) is 5.82 Å². The standard InChI is InChI=1S/C19H21FN2O2/c20-16-12-15(8-9-17(16)22-10-4-5-11-22)19(24)21-13-18(23)14-6-2-1-3-7-14/h1-3,6-9,12,18,23H,4-5,10-11,13H2,(H,21,24). The summed E-state index contributed by atoms with van der Waals surface area (Å²) in [6.07, 6.45) is 1.35. The number of benzene rings is 2. The zero-order chi connectivity index (χ0) is 16.9. The van der Waals surface area contributed by atoms with Crippen LogP contribution in [-0.2, 0) is 0 Å². The Bertz CT molecular complexity index is 700. The summed E-state index contributed by atoms with van der Waals surface area (Å²) < 4.78 is 14.3. The van der Waals surface area contributed by atoms with Gasteiger partial charge in [0, 0.05) is 25.2 Å². The molecule has 2 aromatic carbocycles. The lowest BCUT2D eigenvalue weighted by atomic mass is 10.1. The van der Waals surface area contributed by atoms with E-state index in [1.165, 1.54) is 6.07 Å². The number of amides is 1. The lowest BCUT2D eigenvalue weighted by molar-refractivity contribution is 0.0916. The number of hydrogen-bond acceptors (Lipinski definition) is 3. The average molecular weight is 328 g/mol. The number of carbonyl (C=O) groups excluding carboxylic acids is 1. The third kappa shape index (κ3) is 3.74. The fraction of sp³-hybridized carbons (Fsp3) is 0.316. The van der Waals surface area contributed by atoms with Crippen molar-refractivity contribution in [1.29, 1.82) is 0 Å². The van der Waals surface area contributed by atoms with Crippen molar-refractivity contribution in [2.45, 2.75) is 18.9 Å². The number of hydrogen-bond donors (Lipinski definition) is 2. The van der Waals surface area contributed by atoms with Gasteiger partial charge in [-0.05, 0) is 36.6 Å². The first-order valence-corrected chi connectivity index (χ1v) is 8.21. The second kappa shape index (κ2) is 7.45. The number of nitrogens with one attached hydrogen (secondary N) is 1. The summed E-state index contributed by atoms with van der Waals surface area (Å²) in [5.74, 6) is -0.773. The fourth-order valence-electron chi connectivity index (χ4n) is 2.95. The van der Waals surface area contributed by atoms with Crippen molar-refractivity contribution in [2.75, 3.05) is 24.5 Å². The minimum Gasteiger partial charge on any atom is -0.387 e. The van der Waals surface area contributed by atoms with E-state index >= 15 is 0 Å². The molecule has 0 bridgehead atoms. The molecule has 1 aliphatic heterocycles. The molecule has 4 nitrogen and oxygen atoms in total. The van der Waals surface area contributed by atoms with Crippen LogP contribution in [0.5, 0.6) is 0 Å². The molecule has 1 amide bonds. The van der Waals surface area contributed by atoms with Gasteiger partial charge in [-0.1, -0.05) is 30.3 Å². The molecule has 0 aliphatic carbocycles. The van der Waals surface area contributed by atoms with Crippen molar-refractivity contribution < 1.29 is 14.3 Å². The molecule has 3 rings (SSSR count). The first-order chi connectivity index (χ1) is 11.6. The molecule has 1 fully saturated rings. The van der Waals surface area contributed by atoms with Crippen LogP contribution >= 0.6 is 0 Å². The van der Waals surface area contributed by atoms with Crippen molar-refractivity contribution in [3.8, 4) is 0 Å². The van der Waals surface area contributed by atoms with Gasteiger partial charge >= 0.3 is 0 Å². The van der Waals surface area contributed by atoms with Crippen molar-refractivity contribution in [3.05, 3.63) is 65.5 Å². The summed E-state index contributed by atoms with van der Waals surface area (Å²) in [6.45, 7) is 1.79. The molecule has 1 atom stereocenters. The lowest BCUT2D eigenvalue weighted by Crippen LogP contribution is -2.28. The lowest BCUT2D eigenvalue weighted by Gasteiger charge is -2.18. The average Bonchev–Trinajstić information content (AvgIpc) is 3.14. The van der Waals surface area contributed by atoms with Crippen molar-refractivity contribution in [2.24, 2.45) is 0 Å². The second-order valence-electron chi connectivity index (χ2n) is 6.00. The molecule has 2 N–H and O–H groups in total. The minimum absolute atomic E-state index is 0.0817. The molecule has 1 unspecified atom stereocenters. The van der Waals surface area contributed by atoms with E-state index in [0.29, 0.717) is 5.69 Å². The predicted octanol–water partition coefficient (Wildman–Crippen LogP) is 2.89. The number of carbonyl (C=O) groups is 1. The molecule has 1 heterocycles. The Morgan fingerprint density at radius 1 is 1.17 bits per heavy atom. The van der Waals surface area contributed by atoms with Crippen LogP contribution in [-0.4, -0.2) is 30.6 Å². The molecular weight excluding hydrogens is 307 g/mol. The van der Waals surface area contributed by atoms with E-state index in [1.807, 2.05) is 23.1 Å². The van der Waals surface area contributed by atoms with Crippen molar-refractivity contribution >= 4 is 11.6 Å². The largest absolute Gasteiger partial charge is 0.387 e. The van der Waals surface area contributed by atoms with Crippen LogP contribution in [0.25, 0.3) is 0 Å². The van der Waals surface area contributed by atoms with E-state index in [2.05, 4.69) is 5.32 Å². The van der Waals surface area contributed by atoms with Gasteiger partial charge in [0.05, 0.1) is 11.8 Å². The Hall–Kier alpha value is -2.40. The van der Waals surface area contributed by atoms with Crippen molar-refractivity contribution in [1.82, 2.24) is 5.32 Å². The summed E-state index contributed by atoms with van der Waals surface area (Å²) in [5.41, 5.74) is 1.54. The highest BCUT2D eigenvalue weighted by Gasteiger charge is 2.18. The van der Waals surface area contributed by atoms with Gasteiger partial charge in [0.25, 0.3) is 5.91 Å². The third-order valence-corrected chi connectivity index (χ3v) is 4.30. The van der Waals surface area contributed by atoms with E-state index < -0.39 is 12.0 Å². The number of nitrogens with zero attached hydrogens (tertiary/aromatic N) is 1. The molecule has 0 saturated carbocycles. The number of aliphatic hydroxyl groups excluding tert-OH is 1. The molecule has 0 radical (unpaired) electrons. The van der Waals surface area contributed by atoms with Gasteiger partial charge in [-0.25, -0.2) is 4.39 Å². The van der Waals surface area contributed by atoms with Gasteiger partial charge in [-0.15, -0.1) is 0 Å². The highest BCUT2D eigenvalue weighted by atomic mass is 19.1. The second-order valence-corrected chi connectivity index (χ2v) is 6.00. The SMILES string of the molecule is O=C(NCC(O)c1ccccc1)c1ccc(N2CCCC2)c(F)c1. The van der Waals surface area contributed by atoms with Gasteiger partial charge < -0.3 is 15.3 Å². The number of aliphatic hydroxyl groups is 1. The quantitative estimate of drug-likeness (QED) is 0.887. The van der Waals surface area contributed by atoms with E-state index in [-0.39, 0.29) is 17.9 Å². The molecule has 1 saturated heterocycles. The van der Waals surface area contributed by atoms with Crippen LogP contribution in [0.15, 0.2) is 48.5 Å². The van der Waals surface area contributed by atoms with Gasteiger partial charge in [0.2, 0.25) is 0 Å². The molecule has 2 aromatic rings. The highest BCUT2D eigenvalue weighted by Crippen LogP contribution is 2.24. The van der Waals surface area contributed by atoms with E-state index in [4.69, 9.17) is 0 Å². The molecule has 5 heteroatoms. The topological polar surface area (TPSA) is 52.6 Å². The minimum atomic E-state index is -0.788. The number of rotatable bonds is 5. The predicted molar refractivity (Wildman–Crippen MR) is 91.6 cm³/mol. The normalized spacial score (nSPS) is 15.3. The van der Waals surface area contributed by atoms with Gasteiger partial charge in [-0.3, -0.25) is 4.79 Å². The van der Waals surface area contributed by atoms with Crippen LogP contribution in [0.1, 0.15) is 34.9 Å². The first-order valence-electron chi connectivity index (χ1n) is 8.21. The smallest absolute Gasteiger partial charge is 0.251 e. The van der Waals surface area contributed by atoms with Gasteiger partial charge in [0.15, 0.2) is 0 Å². The maximum atomic E-state index is 14.3. The Kier molecular flexibility index (Phi) is 5.11. The zero-order valence-corrected chi connectivity index (χ0v) is 13.4. The molecule has 1 aliphatic rings. The summed E-state index contributed by atoms with van der Waals surface area (Å²) in [7, 11) is 0. The monoisotopic (exact) mass is 328 g/mol. The maximum absolute atomic E-state index is 14.3. The Labute approximate surface area is 140 Å². The Morgan fingerprint density at radius 2 is 1.88 bits per heavy atom. The summed E-state index contributed by atoms with van der Waals surface area (Å²) in [4.78, 5) is 14.2. The highest BCUT2D eigenvalue weighted by molar-refractivity contribution is 5.94. The van der Waals surface area contributed by atoms with E-state index in [9.17, 15) is 14.3 Å². The first kappa shape index (κ1) is 16.5. The molecule has 24 heavy (non-hydrogen) atoms. The van der Waals surface area contributed by atoms with E-state index in [1.54, 1.807) is 24.3 Å². The van der Waals surface area contributed by atoms with E-state index in [0.717, 1.165) is 31.5 Å². The molecule has 0 aromatic heterocycles. The summed E-state index contributed by atoms with van der Waals surface area (Å²) >= 11 is 0. The van der Waals surface area contributed by atoms with Crippen LogP contribution in [0.2, 0.25) is 0 Å².